The van der Waals surface area contributed by atoms with Crippen LogP contribution in [0.25, 0.3) is 0 Å². The van der Waals surface area contributed by atoms with Crippen LogP contribution in [0.15, 0.2) is 24.3 Å². The molecule has 0 atom stereocenters. The van der Waals surface area contributed by atoms with E-state index in [1.165, 1.54) is 0 Å². The van der Waals surface area contributed by atoms with Crippen LogP contribution >= 0.6 is 39.1 Å². The van der Waals surface area contributed by atoms with Crippen molar-refractivity contribution in [2.45, 2.75) is 17.1 Å². The maximum atomic E-state index is 5.92. The van der Waals surface area contributed by atoms with Crippen molar-refractivity contribution >= 4 is 39.1 Å². The largest absolute Gasteiger partial charge is 0.493 e. The second-order valence-corrected chi connectivity index (χ2v) is 7.16. The predicted octanol–water partition coefficient (Wildman–Crippen LogP) is 4.70. The van der Waals surface area contributed by atoms with Crippen molar-refractivity contribution in [1.82, 2.24) is 0 Å². The molecular formula is C11H13BrCl2O. The molecule has 4 heteroatoms. The minimum absolute atomic E-state index is 0.495. The number of alkyl halides is 3. The van der Waals surface area contributed by atoms with Gasteiger partial charge >= 0.3 is 0 Å². The van der Waals surface area contributed by atoms with Crippen molar-refractivity contribution in [3.63, 3.8) is 0 Å². The van der Waals surface area contributed by atoms with E-state index in [4.69, 9.17) is 27.9 Å². The summed E-state index contributed by atoms with van der Waals surface area (Å²) in [6, 6.07) is 7.43. The second kappa shape index (κ2) is 5.42. The van der Waals surface area contributed by atoms with Gasteiger partial charge in [-0.2, -0.15) is 0 Å². The summed E-state index contributed by atoms with van der Waals surface area (Å²) in [5.74, 6) is 1.28. The molecule has 0 amide bonds. The standard InChI is InChI=1S/C11H13BrCl2O/c1-8(2)7-15-10-5-3-4-9(6-10)11(12,13)14/h3-6,8H,7H2,1-2H3. The van der Waals surface area contributed by atoms with Crippen molar-refractivity contribution in [3.05, 3.63) is 29.8 Å². The molecule has 0 bridgehead atoms. The molecule has 84 valence electrons. The Hall–Kier alpha value is 0.0800. The summed E-state index contributed by atoms with van der Waals surface area (Å²) in [5, 5.41) is 0. The molecule has 0 fully saturated rings. The van der Waals surface area contributed by atoms with Crippen molar-refractivity contribution in [2.75, 3.05) is 6.61 Å². The van der Waals surface area contributed by atoms with Gasteiger partial charge in [0.25, 0.3) is 0 Å². The summed E-state index contributed by atoms with van der Waals surface area (Å²) < 4.78 is 4.51. The van der Waals surface area contributed by atoms with Crippen LogP contribution in [0.2, 0.25) is 0 Å². The number of rotatable bonds is 4. The van der Waals surface area contributed by atoms with Crippen molar-refractivity contribution in [2.24, 2.45) is 5.92 Å². The Labute approximate surface area is 109 Å². The molecule has 0 radical (unpaired) electrons. The molecule has 0 spiro atoms. The second-order valence-electron chi connectivity index (χ2n) is 3.73. The first-order valence-electron chi connectivity index (χ1n) is 4.69. The van der Waals surface area contributed by atoms with E-state index in [1.54, 1.807) is 0 Å². The number of hydrogen-bond acceptors (Lipinski definition) is 1. The molecule has 0 aromatic heterocycles. The molecule has 0 aliphatic carbocycles. The zero-order chi connectivity index (χ0) is 11.5. The topological polar surface area (TPSA) is 9.23 Å². The molecule has 0 saturated carbocycles. The highest BCUT2D eigenvalue weighted by atomic mass is 79.9. The lowest BCUT2D eigenvalue weighted by molar-refractivity contribution is 0.271. The van der Waals surface area contributed by atoms with Crippen LogP contribution in [0.3, 0.4) is 0 Å². The summed E-state index contributed by atoms with van der Waals surface area (Å²) in [6.07, 6.45) is 0. The van der Waals surface area contributed by atoms with Crippen LogP contribution in [0.4, 0.5) is 0 Å². The van der Waals surface area contributed by atoms with E-state index in [0.29, 0.717) is 12.5 Å². The van der Waals surface area contributed by atoms with E-state index in [-0.39, 0.29) is 0 Å². The minimum Gasteiger partial charge on any atom is -0.493 e. The first-order chi connectivity index (χ1) is 6.89. The van der Waals surface area contributed by atoms with Gasteiger partial charge in [-0.15, -0.1) is 0 Å². The minimum atomic E-state index is -1.05. The van der Waals surface area contributed by atoms with Crippen LogP contribution in [0, 0.1) is 5.92 Å². The molecular weight excluding hydrogens is 299 g/mol. The Morgan fingerprint density at radius 1 is 1.40 bits per heavy atom. The third kappa shape index (κ3) is 4.62. The summed E-state index contributed by atoms with van der Waals surface area (Å²) in [5.41, 5.74) is 0.770. The summed E-state index contributed by atoms with van der Waals surface area (Å²) >= 11 is 15.0. The fraction of sp³-hybridized carbons (Fsp3) is 0.455. The van der Waals surface area contributed by atoms with E-state index in [0.717, 1.165) is 11.3 Å². The Morgan fingerprint density at radius 3 is 2.60 bits per heavy atom. The molecule has 0 heterocycles. The van der Waals surface area contributed by atoms with Gasteiger partial charge in [-0.25, -0.2) is 0 Å². The van der Waals surface area contributed by atoms with Gasteiger partial charge in [0.15, 0.2) is 3.24 Å². The van der Waals surface area contributed by atoms with E-state index in [9.17, 15) is 0 Å². The zero-order valence-corrected chi connectivity index (χ0v) is 11.7. The molecule has 0 saturated heterocycles. The highest BCUT2D eigenvalue weighted by Gasteiger charge is 2.22. The normalized spacial score (nSPS) is 11.9. The highest BCUT2D eigenvalue weighted by molar-refractivity contribution is 9.10. The summed E-state index contributed by atoms with van der Waals surface area (Å²) in [7, 11) is 0. The van der Waals surface area contributed by atoms with Crippen LogP contribution in [0.1, 0.15) is 19.4 Å². The van der Waals surface area contributed by atoms with Gasteiger partial charge in [-0.3, -0.25) is 0 Å². The Bertz CT molecular complexity index is 321. The maximum absolute atomic E-state index is 5.92. The predicted molar refractivity (Wildman–Crippen MR) is 69.1 cm³/mol. The molecule has 1 aromatic rings. The zero-order valence-electron chi connectivity index (χ0n) is 8.64. The number of benzene rings is 1. The van der Waals surface area contributed by atoms with E-state index < -0.39 is 3.24 Å². The highest BCUT2D eigenvalue weighted by Crippen LogP contribution is 2.41. The van der Waals surface area contributed by atoms with Crippen LogP contribution < -0.4 is 4.74 Å². The lowest BCUT2D eigenvalue weighted by Gasteiger charge is -2.14. The van der Waals surface area contributed by atoms with Crippen LogP contribution in [-0.2, 0) is 3.24 Å². The third-order valence-corrected chi connectivity index (χ3v) is 2.64. The fourth-order valence-electron chi connectivity index (χ4n) is 1.03. The molecule has 0 unspecified atom stereocenters. The Kier molecular flexibility index (Phi) is 4.75. The van der Waals surface area contributed by atoms with Gasteiger partial charge < -0.3 is 4.74 Å². The Morgan fingerprint density at radius 2 is 2.07 bits per heavy atom. The monoisotopic (exact) mass is 310 g/mol. The first-order valence-corrected chi connectivity index (χ1v) is 6.24. The smallest absolute Gasteiger partial charge is 0.197 e. The van der Waals surface area contributed by atoms with Crippen LogP contribution in [0.5, 0.6) is 5.75 Å². The SMILES string of the molecule is CC(C)COc1cccc(C(Cl)(Cl)Br)c1. The average Bonchev–Trinajstić information content (AvgIpc) is 2.14. The summed E-state index contributed by atoms with van der Waals surface area (Å²) in [6.45, 7) is 4.88. The maximum Gasteiger partial charge on any atom is 0.197 e. The molecule has 1 aromatic carbocycles. The summed E-state index contributed by atoms with van der Waals surface area (Å²) in [4.78, 5) is 0. The number of ether oxygens (including phenoxy) is 1. The molecule has 15 heavy (non-hydrogen) atoms. The van der Waals surface area contributed by atoms with E-state index in [1.807, 2.05) is 24.3 Å². The van der Waals surface area contributed by atoms with Crippen molar-refractivity contribution in [3.8, 4) is 5.75 Å². The van der Waals surface area contributed by atoms with Gasteiger partial charge in [0.1, 0.15) is 5.75 Å². The lowest BCUT2D eigenvalue weighted by Crippen LogP contribution is -2.05. The van der Waals surface area contributed by atoms with E-state index >= 15 is 0 Å². The first kappa shape index (κ1) is 13.1. The van der Waals surface area contributed by atoms with E-state index in [2.05, 4.69) is 29.8 Å². The quantitative estimate of drug-likeness (QED) is 0.732. The third-order valence-electron chi connectivity index (χ3n) is 1.74. The number of halogens is 3. The van der Waals surface area contributed by atoms with Gasteiger partial charge in [0, 0.05) is 5.56 Å². The van der Waals surface area contributed by atoms with Crippen molar-refractivity contribution < 1.29 is 4.74 Å². The molecule has 0 aliphatic rings. The number of hydrogen-bond donors (Lipinski definition) is 0. The van der Waals surface area contributed by atoms with Crippen molar-refractivity contribution in [1.29, 1.82) is 0 Å². The van der Waals surface area contributed by atoms with Gasteiger partial charge in [0.2, 0.25) is 0 Å². The molecule has 1 rings (SSSR count). The van der Waals surface area contributed by atoms with Gasteiger partial charge in [0.05, 0.1) is 6.61 Å². The molecule has 0 N–H and O–H groups in total. The van der Waals surface area contributed by atoms with Gasteiger partial charge in [-0.05, 0) is 34.0 Å². The molecule has 1 nitrogen and oxygen atoms in total. The van der Waals surface area contributed by atoms with Crippen LogP contribution in [-0.4, -0.2) is 6.61 Å². The Balaban J connectivity index is 2.75. The molecule has 0 aliphatic heterocycles. The average molecular weight is 312 g/mol. The van der Waals surface area contributed by atoms with Gasteiger partial charge in [-0.1, -0.05) is 49.2 Å². The fourth-order valence-corrected chi connectivity index (χ4v) is 1.51. The lowest BCUT2D eigenvalue weighted by atomic mass is 10.2.